The fourth-order valence-electron chi connectivity index (χ4n) is 2.92. The molecule has 0 atom stereocenters. The molecule has 30 heavy (non-hydrogen) atoms. The summed E-state index contributed by atoms with van der Waals surface area (Å²) in [5.41, 5.74) is 0.171. The lowest BCUT2D eigenvalue weighted by Gasteiger charge is -2.27. The number of carbonyl (C=O) groups is 1. The molecule has 1 heterocycles. The summed E-state index contributed by atoms with van der Waals surface area (Å²) in [6, 6.07) is 9.55. The number of ether oxygens (including phenoxy) is 3. The van der Waals surface area contributed by atoms with E-state index in [0.29, 0.717) is 37.8 Å². The maximum Gasteiger partial charge on any atom is 0.257 e. The van der Waals surface area contributed by atoms with Crippen LogP contribution in [0, 0.1) is 5.82 Å². The van der Waals surface area contributed by atoms with Gasteiger partial charge in [0.1, 0.15) is 23.9 Å². The first-order valence-corrected chi connectivity index (χ1v) is 10.8. The van der Waals surface area contributed by atoms with Crippen molar-refractivity contribution in [2.75, 3.05) is 46.6 Å². The van der Waals surface area contributed by atoms with Crippen LogP contribution in [-0.4, -0.2) is 65.8 Å². The van der Waals surface area contributed by atoms with Gasteiger partial charge in [-0.05, 0) is 42.5 Å². The number of nitrogens with one attached hydrogen (secondary N) is 1. The highest BCUT2D eigenvalue weighted by molar-refractivity contribution is 7.89. The van der Waals surface area contributed by atoms with Crippen LogP contribution in [-0.2, 0) is 14.8 Å². The summed E-state index contributed by atoms with van der Waals surface area (Å²) in [5.74, 6) is 0.0281. The van der Waals surface area contributed by atoms with Crippen molar-refractivity contribution >= 4 is 15.9 Å². The Labute approximate surface area is 174 Å². The van der Waals surface area contributed by atoms with Crippen molar-refractivity contribution in [1.82, 2.24) is 9.62 Å². The molecule has 0 saturated carbocycles. The van der Waals surface area contributed by atoms with E-state index in [9.17, 15) is 17.6 Å². The first kappa shape index (κ1) is 22.0. The molecule has 1 aliphatic rings. The van der Waals surface area contributed by atoms with Gasteiger partial charge in [-0.25, -0.2) is 17.5 Å². The Morgan fingerprint density at radius 1 is 1.17 bits per heavy atom. The van der Waals surface area contributed by atoms with Crippen molar-refractivity contribution in [2.45, 2.75) is 4.90 Å². The average molecular weight is 438 g/mol. The number of amides is 1. The second-order valence-corrected chi connectivity index (χ2v) is 8.23. The fourth-order valence-corrected chi connectivity index (χ4v) is 3.96. The van der Waals surface area contributed by atoms with Crippen molar-refractivity contribution in [3.63, 3.8) is 0 Å². The smallest absolute Gasteiger partial charge is 0.257 e. The fraction of sp³-hybridized carbons (Fsp3) is 0.350. The normalized spacial score (nSPS) is 14.4. The lowest BCUT2D eigenvalue weighted by atomic mass is 10.1. The second-order valence-electron chi connectivity index (χ2n) is 6.47. The van der Waals surface area contributed by atoms with Crippen LogP contribution >= 0.6 is 0 Å². The van der Waals surface area contributed by atoms with Gasteiger partial charge >= 0.3 is 0 Å². The number of carbonyl (C=O) groups excluding carboxylic acids is 1. The molecule has 8 nitrogen and oxygen atoms in total. The predicted octanol–water partition coefficient (Wildman–Crippen LogP) is 1.66. The summed E-state index contributed by atoms with van der Waals surface area (Å²) in [6.07, 6.45) is 0. The molecule has 1 fully saturated rings. The second kappa shape index (κ2) is 9.88. The molecule has 1 saturated heterocycles. The molecule has 0 unspecified atom stereocenters. The zero-order valence-corrected chi connectivity index (χ0v) is 17.3. The molecule has 2 aromatic rings. The van der Waals surface area contributed by atoms with E-state index in [2.05, 4.69) is 4.72 Å². The Kier molecular flexibility index (Phi) is 7.24. The summed E-state index contributed by atoms with van der Waals surface area (Å²) in [4.78, 5) is 14.4. The zero-order valence-electron chi connectivity index (χ0n) is 16.5. The third-order valence-corrected chi connectivity index (χ3v) is 5.95. The number of rotatable bonds is 8. The molecule has 0 radical (unpaired) electrons. The first-order chi connectivity index (χ1) is 14.4. The third kappa shape index (κ3) is 5.47. The monoisotopic (exact) mass is 438 g/mol. The number of sulfonamides is 1. The Hall–Kier alpha value is -2.69. The van der Waals surface area contributed by atoms with E-state index >= 15 is 0 Å². The number of benzene rings is 2. The van der Waals surface area contributed by atoms with E-state index in [1.807, 2.05) is 0 Å². The van der Waals surface area contributed by atoms with Crippen LogP contribution in [0.25, 0.3) is 0 Å². The van der Waals surface area contributed by atoms with Crippen molar-refractivity contribution in [3.05, 3.63) is 53.8 Å². The first-order valence-electron chi connectivity index (χ1n) is 9.34. The van der Waals surface area contributed by atoms with Crippen LogP contribution < -0.4 is 14.2 Å². The molecule has 1 amide bonds. The molecule has 0 aliphatic carbocycles. The standard InChI is InChI=1S/C20H23FN2O6S/c1-27-19-7-6-17(14-18(19)20(24)23-9-12-28-13-10-23)30(25,26)22-8-11-29-16-4-2-15(21)3-5-16/h2-7,14,22H,8-13H2,1H3. The van der Waals surface area contributed by atoms with E-state index in [0.717, 1.165) is 0 Å². The van der Waals surface area contributed by atoms with E-state index in [1.165, 1.54) is 49.6 Å². The van der Waals surface area contributed by atoms with Crippen molar-refractivity contribution in [1.29, 1.82) is 0 Å². The Bertz CT molecular complexity index is 975. The van der Waals surface area contributed by atoms with Crippen LogP contribution in [0.1, 0.15) is 10.4 Å². The van der Waals surface area contributed by atoms with Gasteiger partial charge < -0.3 is 19.1 Å². The van der Waals surface area contributed by atoms with Gasteiger partial charge in [-0.3, -0.25) is 4.79 Å². The van der Waals surface area contributed by atoms with Gasteiger partial charge in [-0.2, -0.15) is 0 Å². The van der Waals surface area contributed by atoms with Crippen molar-refractivity contribution in [2.24, 2.45) is 0 Å². The van der Waals surface area contributed by atoms with Crippen LogP contribution in [0.3, 0.4) is 0 Å². The molecule has 1 N–H and O–H groups in total. The minimum atomic E-state index is -3.87. The summed E-state index contributed by atoms with van der Waals surface area (Å²) >= 11 is 0. The van der Waals surface area contributed by atoms with Crippen molar-refractivity contribution < 1.29 is 31.8 Å². The van der Waals surface area contributed by atoms with E-state index in [-0.39, 0.29) is 35.3 Å². The molecule has 2 aromatic carbocycles. The molecular formula is C20H23FN2O6S. The van der Waals surface area contributed by atoms with Gasteiger partial charge in [0.25, 0.3) is 5.91 Å². The van der Waals surface area contributed by atoms with Crippen LogP contribution in [0.4, 0.5) is 4.39 Å². The lowest BCUT2D eigenvalue weighted by molar-refractivity contribution is 0.0300. The van der Waals surface area contributed by atoms with Crippen LogP contribution in [0.15, 0.2) is 47.4 Å². The Balaban J connectivity index is 1.67. The number of methoxy groups -OCH3 is 1. The summed E-state index contributed by atoms with van der Waals surface area (Å²) in [6.45, 7) is 1.78. The highest BCUT2D eigenvalue weighted by atomic mass is 32.2. The third-order valence-electron chi connectivity index (χ3n) is 4.49. The highest BCUT2D eigenvalue weighted by Gasteiger charge is 2.24. The Morgan fingerprint density at radius 3 is 2.53 bits per heavy atom. The van der Waals surface area contributed by atoms with Gasteiger partial charge in [-0.15, -0.1) is 0 Å². The number of nitrogens with zero attached hydrogens (tertiary/aromatic N) is 1. The van der Waals surface area contributed by atoms with E-state index in [4.69, 9.17) is 14.2 Å². The zero-order chi connectivity index (χ0) is 21.6. The lowest BCUT2D eigenvalue weighted by Crippen LogP contribution is -2.40. The van der Waals surface area contributed by atoms with Crippen molar-refractivity contribution in [3.8, 4) is 11.5 Å². The maximum atomic E-state index is 12.9. The molecule has 0 spiro atoms. The van der Waals surface area contributed by atoms with E-state index in [1.54, 1.807) is 4.90 Å². The molecule has 1 aliphatic heterocycles. The number of morpholine rings is 1. The topological polar surface area (TPSA) is 94.2 Å². The molecule has 10 heteroatoms. The molecule has 0 aromatic heterocycles. The summed E-state index contributed by atoms with van der Waals surface area (Å²) in [5, 5.41) is 0. The predicted molar refractivity (Wildman–Crippen MR) is 107 cm³/mol. The van der Waals surface area contributed by atoms with Crippen LogP contribution in [0.2, 0.25) is 0 Å². The number of hydrogen-bond donors (Lipinski definition) is 1. The van der Waals surface area contributed by atoms with Gasteiger partial charge in [0.05, 0.1) is 30.8 Å². The molecular weight excluding hydrogens is 415 g/mol. The number of halogens is 1. The Morgan fingerprint density at radius 2 is 1.87 bits per heavy atom. The molecule has 3 rings (SSSR count). The summed E-state index contributed by atoms with van der Waals surface area (Å²) < 4.78 is 56.5. The quantitative estimate of drug-likeness (QED) is 0.630. The van der Waals surface area contributed by atoms with Gasteiger partial charge in [0.15, 0.2) is 0 Å². The minimum absolute atomic E-state index is 0.00151. The average Bonchev–Trinajstić information content (AvgIpc) is 2.77. The minimum Gasteiger partial charge on any atom is -0.496 e. The maximum absolute atomic E-state index is 12.9. The van der Waals surface area contributed by atoms with Gasteiger partial charge in [0, 0.05) is 19.6 Å². The number of hydrogen-bond acceptors (Lipinski definition) is 6. The SMILES string of the molecule is COc1ccc(S(=O)(=O)NCCOc2ccc(F)cc2)cc1C(=O)N1CCOCC1. The van der Waals surface area contributed by atoms with E-state index < -0.39 is 10.0 Å². The summed E-state index contributed by atoms with van der Waals surface area (Å²) in [7, 11) is -2.45. The highest BCUT2D eigenvalue weighted by Crippen LogP contribution is 2.24. The molecule has 162 valence electrons. The molecule has 0 bridgehead atoms. The van der Waals surface area contributed by atoms with Gasteiger partial charge in [-0.1, -0.05) is 0 Å². The largest absolute Gasteiger partial charge is 0.496 e. The van der Waals surface area contributed by atoms with Crippen LogP contribution in [0.5, 0.6) is 11.5 Å². The van der Waals surface area contributed by atoms with Gasteiger partial charge in [0.2, 0.25) is 10.0 Å².